The highest BCUT2D eigenvalue weighted by molar-refractivity contribution is 7.14. The first kappa shape index (κ1) is 23.6. The minimum Gasteiger partial charge on any atom is -0.392 e. The van der Waals surface area contributed by atoms with Crippen molar-refractivity contribution in [1.29, 1.82) is 0 Å². The fraction of sp³-hybridized carbons (Fsp3) is 0.400. The Bertz CT molecular complexity index is 1300. The molecule has 3 aromatic rings. The molecule has 0 radical (unpaired) electrons. The van der Waals surface area contributed by atoms with E-state index in [9.17, 15) is 23.5 Å². The van der Waals surface area contributed by atoms with Crippen molar-refractivity contribution in [1.82, 2.24) is 14.5 Å². The molecule has 1 aliphatic carbocycles. The molecule has 0 unspecified atom stereocenters. The number of nitrogens with one attached hydrogen (secondary N) is 1. The molecule has 5 rings (SSSR count). The summed E-state index contributed by atoms with van der Waals surface area (Å²) in [5.41, 5.74) is 2.31. The van der Waals surface area contributed by atoms with E-state index < -0.39 is 12.3 Å². The lowest BCUT2D eigenvalue weighted by Gasteiger charge is -2.45. The molecule has 0 atom stereocenters. The maximum Gasteiger partial charge on any atom is 0.272 e. The minimum absolute atomic E-state index is 0.0285. The standard InChI is InChI=1S/C25H26F2N4O3S/c1-2-21(33)30-8-7-25(14-30)10-16(11-25)12-31-18-4-3-15(13-32)9-17(18)28-24(31)29-23(34)20-6-5-19(35-20)22(26)27/h2-6,9,16,22,32H,1,7-8,10-14H2,(H,28,29,34). The quantitative estimate of drug-likeness (QED) is 0.465. The van der Waals surface area contributed by atoms with Crippen LogP contribution in [0.1, 0.15) is 45.8 Å². The first-order valence-corrected chi connectivity index (χ1v) is 12.3. The number of anilines is 1. The van der Waals surface area contributed by atoms with E-state index >= 15 is 0 Å². The Labute approximate surface area is 205 Å². The Morgan fingerprint density at radius 1 is 1.31 bits per heavy atom. The van der Waals surface area contributed by atoms with Crippen LogP contribution in [0.5, 0.6) is 0 Å². The molecule has 3 heterocycles. The second kappa shape index (κ2) is 9.16. The summed E-state index contributed by atoms with van der Waals surface area (Å²) in [4.78, 5) is 31.3. The van der Waals surface area contributed by atoms with Crippen molar-refractivity contribution >= 4 is 40.1 Å². The van der Waals surface area contributed by atoms with Gasteiger partial charge >= 0.3 is 0 Å². The number of aliphatic hydroxyl groups excluding tert-OH is 1. The van der Waals surface area contributed by atoms with Crippen molar-refractivity contribution in [3.05, 3.63) is 58.3 Å². The van der Waals surface area contributed by atoms with Crippen LogP contribution in [0.15, 0.2) is 43.0 Å². The minimum atomic E-state index is -2.62. The van der Waals surface area contributed by atoms with Gasteiger partial charge in [0.2, 0.25) is 11.9 Å². The zero-order valence-electron chi connectivity index (χ0n) is 19.0. The van der Waals surface area contributed by atoms with Crippen molar-refractivity contribution in [3.8, 4) is 0 Å². The fourth-order valence-corrected chi connectivity index (χ4v) is 6.21. The van der Waals surface area contributed by atoms with Crippen molar-refractivity contribution in [2.75, 3.05) is 18.4 Å². The molecule has 2 aliphatic rings. The van der Waals surface area contributed by atoms with Crippen LogP contribution in [0.4, 0.5) is 14.7 Å². The van der Waals surface area contributed by atoms with Gasteiger partial charge in [-0.2, -0.15) is 0 Å². The molecule has 2 fully saturated rings. The molecule has 7 nitrogen and oxygen atoms in total. The number of hydrogen-bond donors (Lipinski definition) is 2. The Kier molecular flexibility index (Phi) is 6.18. The molecule has 1 aromatic carbocycles. The third-order valence-corrected chi connectivity index (χ3v) is 8.19. The summed E-state index contributed by atoms with van der Waals surface area (Å²) >= 11 is 0.762. The highest BCUT2D eigenvalue weighted by Gasteiger charge is 2.49. The maximum absolute atomic E-state index is 13.0. The summed E-state index contributed by atoms with van der Waals surface area (Å²) in [5, 5.41) is 12.3. The van der Waals surface area contributed by atoms with Crippen LogP contribution in [-0.2, 0) is 17.9 Å². The molecular formula is C25H26F2N4O3S. The zero-order valence-corrected chi connectivity index (χ0v) is 19.9. The van der Waals surface area contributed by atoms with E-state index in [2.05, 4.69) is 16.9 Å². The number of thiophene rings is 1. The normalized spacial score (nSPS) is 21.6. The number of benzene rings is 1. The highest BCUT2D eigenvalue weighted by atomic mass is 32.1. The summed E-state index contributed by atoms with van der Waals surface area (Å²) in [5.74, 6) is 0.189. The molecule has 0 bridgehead atoms. The van der Waals surface area contributed by atoms with Gasteiger partial charge in [-0.1, -0.05) is 12.6 Å². The third-order valence-electron chi connectivity index (χ3n) is 7.09. The van der Waals surface area contributed by atoms with Gasteiger partial charge in [0.25, 0.3) is 12.3 Å². The number of likely N-dealkylation sites (tertiary alicyclic amines) is 1. The van der Waals surface area contributed by atoms with E-state index in [1.54, 1.807) is 6.07 Å². The number of fused-ring (bicyclic) bond motifs is 1. The molecule has 1 aliphatic heterocycles. The Morgan fingerprint density at radius 3 is 2.80 bits per heavy atom. The van der Waals surface area contributed by atoms with Gasteiger partial charge in [-0.25, -0.2) is 13.8 Å². The second-order valence-electron chi connectivity index (χ2n) is 9.47. The van der Waals surface area contributed by atoms with Crippen LogP contribution in [-0.4, -0.2) is 44.5 Å². The zero-order chi connectivity index (χ0) is 24.7. The van der Waals surface area contributed by atoms with E-state index in [1.807, 2.05) is 21.6 Å². The van der Waals surface area contributed by atoms with Crippen molar-refractivity contribution in [3.63, 3.8) is 0 Å². The molecule has 10 heteroatoms. The van der Waals surface area contributed by atoms with E-state index in [4.69, 9.17) is 0 Å². The van der Waals surface area contributed by atoms with E-state index in [1.165, 1.54) is 18.2 Å². The molecule has 2 amide bonds. The number of hydrogen-bond acceptors (Lipinski definition) is 5. The predicted molar refractivity (Wildman–Crippen MR) is 129 cm³/mol. The molecule has 1 saturated heterocycles. The first-order chi connectivity index (χ1) is 16.8. The van der Waals surface area contributed by atoms with Crippen LogP contribution >= 0.6 is 11.3 Å². The summed E-state index contributed by atoms with van der Waals surface area (Å²) in [6.45, 7) is 5.58. The topological polar surface area (TPSA) is 87.5 Å². The smallest absolute Gasteiger partial charge is 0.272 e. The van der Waals surface area contributed by atoms with Gasteiger partial charge in [0, 0.05) is 19.6 Å². The summed E-state index contributed by atoms with van der Waals surface area (Å²) in [6.07, 6.45) is 1.65. The van der Waals surface area contributed by atoms with E-state index in [0.717, 1.165) is 49.2 Å². The number of aliphatic hydroxyl groups is 1. The van der Waals surface area contributed by atoms with E-state index in [-0.39, 0.29) is 27.7 Å². The SMILES string of the molecule is C=CC(=O)N1CCC2(CC(Cn3c(NC(=O)c4ccc(C(F)F)s4)nc4cc(CO)ccc43)C2)C1. The van der Waals surface area contributed by atoms with Gasteiger partial charge < -0.3 is 14.6 Å². The Hall–Kier alpha value is -3.11. The maximum atomic E-state index is 13.0. The van der Waals surface area contributed by atoms with Crippen LogP contribution in [0.25, 0.3) is 11.0 Å². The van der Waals surface area contributed by atoms with Crippen LogP contribution in [0.2, 0.25) is 0 Å². The number of carbonyl (C=O) groups excluding carboxylic acids is 2. The summed E-state index contributed by atoms with van der Waals surface area (Å²) in [6, 6.07) is 8.12. The van der Waals surface area contributed by atoms with Crippen LogP contribution in [0.3, 0.4) is 0 Å². The summed E-state index contributed by atoms with van der Waals surface area (Å²) in [7, 11) is 0. The largest absolute Gasteiger partial charge is 0.392 e. The lowest BCUT2D eigenvalue weighted by atomic mass is 9.61. The van der Waals surface area contributed by atoms with Crippen molar-refractivity contribution < 1.29 is 23.5 Å². The van der Waals surface area contributed by atoms with Crippen molar-refractivity contribution in [2.24, 2.45) is 11.3 Å². The second-order valence-corrected chi connectivity index (χ2v) is 10.6. The molecule has 2 aromatic heterocycles. The van der Waals surface area contributed by atoms with Gasteiger partial charge in [0.15, 0.2) is 0 Å². The molecule has 35 heavy (non-hydrogen) atoms. The number of rotatable bonds is 7. The van der Waals surface area contributed by atoms with Gasteiger partial charge in [-0.15, -0.1) is 11.3 Å². The van der Waals surface area contributed by atoms with Gasteiger partial charge in [0.1, 0.15) is 0 Å². The molecular weight excluding hydrogens is 474 g/mol. The lowest BCUT2D eigenvalue weighted by molar-refractivity contribution is -0.125. The number of halogens is 2. The third kappa shape index (κ3) is 4.48. The van der Waals surface area contributed by atoms with E-state index in [0.29, 0.717) is 29.5 Å². The summed E-state index contributed by atoms with van der Waals surface area (Å²) < 4.78 is 27.9. The molecule has 1 spiro atoms. The monoisotopic (exact) mass is 500 g/mol. The first-order valence-electron chi connectivity index (χ1n) is 11.5. The number of aromatic nitrogens is 2. The lowest BCUT2D eigenvalue weighted by Crippen LogP contribution is -2.42. The van der Waals surface area contributed by atoms with Crippen LogP contribution in [0, 0.1) is 11.3 Å². The number of amides is 2. The number of alkyl halides is 2. The van der Waals surface area contributed by atoms with Gasteiger partial charge in [0.05, 0.1) is 27.4 Å². The number of imidazole rings is 1. The predicted octanol–water partition coefficient (Wildman–Crippen LogP) is 4.59. The van der Waals surface area contributed by atoms with Gasteiger partial charge in [-0.3, -0.25) is 14.9 Å². The highest BCUT2D eigenvalue weighted by Crippen LogP contribution is 2.52. The van der Waals surface area contributed by atoms with Crippen LogP contribution < -0.4 is 5.32 Å². The molecule has 184 valence electrons. The number of carbonyl (C=O) groups is 2. The Morgan fingerprint density at radius 2 is 2.11 bits per heavy atom. The number of nitrogens with zero attached hydrogens (tertiary/aromatic N) is 3. The van der Waals surface area contributed by atoms with Crippen molar-refractivity contribution in [2.45, 2.75) is 38.8 Å². The average molecular weight is 501 g/mol. The molecule has 1 saturated carbocycles. The molecule has 2 N–H and O–H groups in total. The fourth-order valence-electron chi connectivity index (χ4n) is 5.45. The average Bonchev–Trinajstić information content (AvgIpc) is 3.56. The van der Waals surface area contributed by atoms with Gasteiger partial charge in [-0.05, 0) is 66.5 Å². The Balaban J connectivity index is 1.36.